The minimum absolute atomic E-state index is 0.0816. The smallest absolute Gasteiger partial charge is 0.112 e. The molecule has 0 aromatic carbocycles. The van der Waals surface area contributed by atoms with Crippen LogP contribution in [0.2, 0.25) is 0 Å². The van der Waals surface area contributed by atoms with E-state index in [2.05, 4.69) is 6.92 Å². The molecule has 3 nitrogen and oxygen atoms in total. The standard InChI is InChI=1S/C16H26O3/c1-2-3-4-5-6-7-10-19-16-9-8-15(18)11-14(12-16)13-17/h8,11-12,17-18H,2-7,9-10,13H2,1H3. The lowest BCUT2D eigenvalue weighted by atomic mass is 10.1. The molecule has 2 N–H and O–H groups in total. The Labute approximate surface area is 116 Å². The average molecular weight is 266 g/mol. The van der Waals surface area contributed by atoms with Crippen molar-refractivity contribution in [2.75, 3.05) is 13.2 Å². The molecule has 0 bridgehead atoms. The van der Waals surface area contributed by atoms with Crippen molar-refractivity contribution in [1.82, 2.24) is 0 Å². The summed E-state index contributed by atoms with van der Waals surface area (Å²) in [6.45, 7) is 2.85. The molecular formula is C16H26O3. The predicted octanol–water partition coefficient (Wildman–Crippen LogP) is 4.01. The van der Waals surface area contributed by atoms with Crippen LogP contribution in [0.1, 0.15) is 51.9 Å². The van der Waals surface area contributed by atoms with E-state index in [4.69, 9.17) is 9.84 Å². The van der Waals surface area contributed by atoms with Crippen molar-refractivity contribution >= 4 is 0 Å². The highest BCUT2D eigenvalue weighted by molar-refractivity contribution is 5.32. The molecule has 0 radical (unpaired) electrons. The Balaban J connectivity index is 2.22. The highest BCUT2D eigenvalue weighted by atomic mass is 16.5. The van der Waals surface area contributed by atoms with Crippen LogP contribution in [0.3, 0.4) is 0 Å². The van der Waals surface area contributed by atoms with E-state index in [1.54, 1.807) is 12.2 Å². The molecule has 0 aliphatic heterocycles. The van der Waals surface area contributed by atoms with Crippen LogP contribution in [0, 0.1) is 0 Å². The molecule has 0 heterocycles. The van der Waals surface area contributed by atoms with Crippen molar-refractivity contribution in [2.45, 2.75) is 51.9 Å². The first kappa shape index (κ1) is 15.8. The Morgan fingerprint density at radius 1 is 1.11 bits per heavy atom. The summed E-state index contributed by atoms with van der Waals surface area (Å²) >= 11 is 0. The first-order valence-corrected chi connectivity index (χ1v) is 7.30. The lowest BCUT2D eigenvalue weighted by Gasteiger charge is -2.08. The second kappa shape index (κ2) is 9.68. The van der Waals surface area contributed by atoms with Crippen molar-refractivity contribution in [3.05, 3.63) is 35.3 Å². The number of rotatable bonds is 9. The molecule has 1 aliphatic rings. The monoisotopic (exact) mass is 266 g/mol. The second-order valence-corrected chi connectivity index (χ2v) is 4.94. The predicted molar refractivity (Wildman–Crippen MR) is 77.9 cm³/mol. The molecule has 0 unspecified atom stereocenters. The van der Waals surface area contributed by atoms with Crippen LogP contribution in [0.25, 0.3) is 0 Å². The quantitative estimate of drug-likeness (QED) is 0.620. The van der Waals surface area contributed by atoms with Crippen LogP contribution in [-0.4, -0.2) is 23.4 Å². The van der Waals surface area contributed by atoms with Gasteiger partial charge < -0.3 is 14.9 Å². The number of ether oxygens (including phenoxy) is 1. The van der Waals surface area contributed by atoms with Crippen molar-refractivity contribution in [2.24, 2.45) is 0 Å². The molecule has 0 aromatic rings. The number of hydrogen-bond acceptors (Lipinski definition) is 3. The SMILES string of the molecule is CCCCCCCCOC1=CC(CO)=CC(O)=CC1. The highest BCUT2D eigenvalue weighted by Gasteiger charge is 2.05. The zero-order chi connectivity index (χ0) is 13.9. The number of allylic oxidation sites excluding steroid dienone is 2. The van der Waals surface area contributed by atoms with Gasteiger partial charge in [-0.1, -0.05) is 39.0 Å². The van der Waals surface area contributed by atoms with Crippen molar-refractivity contribution in [3.63, 3.8) is 0 Å². The summed E-state index contributed by atoms with van der Waals surface area (Å²) in [6, 6.07) is 0. The number of unbranched alkanes of at least 4 members (excludes halogenated alkanes) is 5. The van der Waals surface area contributed by atoms with Crippen LogP contribution >= 0.6 is 0 Å². The van der Waals surface area contributed by atoms with E-state index in [-0.39, 0.29) is 12.4 Å². The first-order valence-electron chi connectivity index (χ1n) is 7.30. The van der Waals surface area contributed by atoms with Crippen LogP contribution < -0.4 is 0 Å². The molecule has 19 heavy (non-hydrogen) atoms. The topological polar surface area (TPSA) is 49.7 Å². The van der Waals surface area contributed by atoms with Crippen molar-refractivity contribution < 1.29 is 14.9 Å². The van der Waals surface area contributed by atoms with E-state index in [1.165, 1.54) is 32.1 Å². The fourth-order valence-electron chi connectivity index (χ4n) is 2.04. The van der Waals surface area contributed by atoms with Gasteiger partial charge in [-0.05, 0) is 30.2 Å². The van der Waals surface area contributed by atoms with E-state index in [1.807, 2.05) is 6.08 Å². The summed E-state index contributed by atoms with van der Waals surface area (Å²) in [6.07, 6.45) is 13.1. The molecule has 0 spiro atoms. The number of aliphatic hydroxyl groups excluding tert-OH is 2. The van der Waals surface area contributed by atoms with E-state index >= 15 is 0 Å². The molecule has 3 heteroatoms. The van der Waals surface area contributed by atoms with Gasteiger partial charge in [0.25, 0.3) is 0 Å². The molecule has 0 amide bonds. The Morgan fingerprint density at radius 2 is 1.84 bits per heavy atom. The van der Waals surface area contributed by atoms with Gasteiger partial charge in [0.1, 0.15) is 11.5 Å². The average Bonchev–Trinajstić information content (AvgIpc) is 2.59. The zero-order valence-corrected chi connectivity index (χ0v) is 11.9. The molecule has 1 aliphatic carbocycles. The summed E-state index contributed by atoms with van der Waals surface area (Å²) in [7, 11) is 0. The maximum Gasteiger partial charge on any atom is 0.112 e. The third-order valence-corrected chi connectivity index (χ3v) is 3.16. The largest absolute Gasteiger partial charge is 0.508 e. The molecular weight excluding hydrogens is 240 g/mol. The van der Waals surface area contributed by atoms with Crippen molar-refractivity contribution in [3.8, 4) is 0 Å². The Hall–Kier alpha value is -1.22. The van der Waals surface area contributed by atoms with Gasteiger partial charge in [-0.3, -0.25) is 0 Å². The lowest BCUT2D eigenvalue weighted by molar-refractivity contribution is 0.199. The summed E-state index contributed by atoms with van der Waals surface area (Å²) in [4.78, 5) is 0. The van der Waals surface area contributed by atoms with Gasteiger partial charge in [0.2, 0.25) is 0 Å². The van der Waals surface area contributed by atoms with E-state index < -0.39 is 0 Å². The fourth-order valence-corrected chi connectivity index (χ4v) is 2.04. The normalized spacial score (nSPS) is 15.4. The van der Waals surface area contributed by atoms with Crippen molar-refractivity contribution in [1.29, 1.82) is 0 Å². The van der Waals surface area contributed by atoms with Gasteiger partial charge in [0.15, 0.2) is 0 Å². The fraction of sp³-hybridized carbons (Fsp3) is 0.625. The summed E-state index contributed by atoms with van der Waals surface area (Å²) in [5.74, 6) is 1.01. The van der Waals surface area contributed by atoms with E-state index in [9.17, 15) is 5.11 Å². The zero-order valence-electron chi connectivity index (χ0n) is 11.9. The maximum absolute atomic E-state index is 9.49. The molecule has 1 rings (SSSR count). The molecule has 0 fully saturated rings. The van der Waals surface area contributed by atoms with Gasteiger partial charge >= 0.3 is 0 Å². The first-order chi connectivity index (χ1) is 9.26. The van der Waals surface area contributed by atoms with E-state index in [0.717, 1.165) is 12.2 Å². The molecule has 0 saturated heterocycles. The van der Waals surface area contributed by atoms with Gasteiger partial charge in [-0.2, -0.15) is 0 Å². The highest BCUT2D eigenvalue weighted by Crippen LogP contribution is 2.17. The summed E-state index contributed by atoms with van der Waals surface area (Å²) in [5.41, 5.74) is 0.684. The molecule has 0 atom stereocenters. The lowest BCUT2D eigenvalue weighted by Crippen LogP contribution is -1.96. The Kier molecular flexibility index (Phi) is 8.07. The Morgan fingerprint density at radius 3 is 2.58 bits per heavy atom. The van der Waals surface area contributed by atoms with Crippen LogP contribution in [0.15, 0.2) is 35.3 Å². The van der Waals surface area contributed by atoms with Gasteiger partial charge in [-0.25, -0.2) is 0 Å². The summed E-state index contributed by atoms with van der Waals surface area (Å²) in [5, 5.41) is 18.6. The maximum atomic E-state index is 9.49. The number of hydrogen-bond donors (Lipinski definition) is 2. The van der Waals surface area contributed by atoms with Gasteiger partial charge in [-0.15, -0.1) is 0 Å². The molecule has 0 saturated carbocycles. The van der Waals surface area contributed by atoms with Crippen LogP contribution in [0.4, 0.5) is 0 Å². The summed E-state index contributed by atoms with van der Waals surface area (Å²) < 4.78 is 5.70. The minimum Gasteiger partial charge on any atom is -0.508 e. The molecule has 0 aromatic heterocycles. The number of aliphatic hydroxyl groups is 2. The van der Waals surface area contributed by atoms with Crippen LogP contribution in [-0.2, 0) is 4.74 Å². The van der Waals surface area contributed by atoms with Crippen LogP contribution in [0.5, 0.6) is 0 Å². The Bertz CT molecular complexity index is 340. The minimum atomic E-state index is -0.0816. The molecule has 108 valence electrons. The van der Waals surface area contributed by atoms with Gasteiger partial charge in [0, 0.05) is 6.42 Å². The van der Waals surface area contributed by atoms with E-state index in [0.29, 0.717) is 18.6 Å². The third-order valence-electron chi connectivity index (χ3n) is 3.16. The van der Waals surface area contributed by atoms with Gasteiger partial charge in [0.05, 0.1) is 13.2 Å². The second-order valence-electron chi connectivity index (χ2n) is 4.94. The third kappa shape index (κ3) is 7.06.